The lowest BCUT2D eigenvalue weighted by Crippen LogP contribution is -2.25. The Morgan fingerprint density at radius 1 is 1.38 bits per heavy atom. The summed E-state index contributed by atoms with van der Waals surface area (Å²) in [7, 11) is 0. The average molecular weight is 295 g/mol. The van der Waals surface area contributed by atoms with Crippen LogP contribution < -0.4 is 0 Å². The highest BCUT2D eigenvalue weighted by Crippen LogP contribution is 2.45. The number of rotatable bonds is 8. The van der Waals surface area contributed by atoms with Crippen LogP contribution in [0.1, 0.15) is 66.3 Å². The van der Waals surface area contributed by atoms with E-state index in [1.165, 1.54) is 0 Å². The molecule has 0 aromatic carbocycles. The van der Waals surface area contributed by atoms with Crippen molar-refractivity contribution in [3.05, 3.63) is 17.0 Å². The van der Waals surface area contributed by atoms with Gasteiger partial charge in [-0.15, -0.1) is 0 Å². The molecule has 2 N–H and O–H groups in total. The van der Waals surface area contributed by atoms with Gasteiger partial charge in [0.05, 0.1) is 5.69 Å². The highest BCUT2D eigenvalue weighted by atomic mass is 16.5. The molecule has 1 saturated carbocycles. The number of aldehydes is 1. The smallest absolute Gasteiger partial charge is 0.317 e. The molecule has 1 atom stereocenters. The topological polar surface area (TPSA) is 118 Å². The average Bonchev–Trinajstić information content (AvgIpc) is 3.19. The molecule has 0 saturated heterocycles. The Bertz CT molecular complexity index is 546. The summed E-state index contributed by atoms with van der Waals surface area (Å²) in [6, 6.07) is 0. The molecule has 1 aliphatic rings. The van der Waals surface area contributed by atoms with Gasteiger partial charge < -0.3 is 14.7 Å². The molecule has 1 aromatic rings. The normalized spacial score (nSPS) is 15.9. The molecule has 7 nitrogen and oxygen atoms in total. The lowest BCUT2D eigenvalue weighted by molar-refractivity contribution is -0.155. The molecular weight excluding hydrogens is 278 g/mol. The van der Waals surface area contributed by atoms with Gasteiger partial charge in [-0.2, -0.15) is 0 Å². The van der Waals surface area contributed by atoms with E-state index < -0.39 is 17.9 Å². The fourth-order valence-electron chi connectivity index (χ4n) is 2.55. The van der Waals surface area contributed by atoms with E-state index in [1.807, 2.05) is 6.92 Å². The Balaban J connectivity index is 2.29. The number of carboxylic acids is 2. The van der Waals surface area contributed by atoms with Crippen LogP contribution in [0, 0.1) is 5.92 Å². The summed E-state index contributed by atoms with van der Waals surface area (Å²) >= 11 is 0. The maximum Gasteiger partial charge on any atom is 0.317 e. The highest BCUT2D eigenvalue weighted by molar-refractivity contribution is 5.92. The van der Waals surface area contributed by atoms with Crippen molar-refractivity contribution in [2.45, 2.75) is 44.4 Å². The van der Waals surface area contributed by atoms with Gasteiger partial charge in [0, 0.05) is 11.5 Å². The van der Waals surface area contributed by atoms with Crippen LogP contribution in [-0.4, -0.2) is 33.6 Å². The molecule has 1 aromatic heterocycles. The van der Waals surface area contributed by atoms with Gasteiger partial charge in [-0.05, 0) is 31.6 Å². The largest absolute Gasteiger partial charge is 0.481 e. The summed E-state index contributed by atoms with van der Waals surface area (Å²) < 4.78 is 5.02. The van der Waals surface area contributed by atoms with E-state index in [2.05, 4.69) is 5.16 Å². The van der Waals surface area contributed by atoms with Crippen LogP contribution in [0.15, 0.2) is 4.52 Å². The maximum atomic E-state index is 11.0. The van der Waals surface area contributed by atoms with Crippen molar-refractivity contribution in [2.75, 3.05) is 0 Å². The van der Waals surface area contributed by atoms with Gasteiger partial charge in [-0.3, -0.25) is 14.4 Å². The monoisotopic (exact) mass is 295 g/mol. The Morgan fingerprint density at radius 2 is 2.00 bits per heavy atom. The molecule has 114 valence electrons. The first-order valence-corrected chi connectivity index (χ1v) is 6.89. The minimum Gasteiger partial charge on any atom is -0.481 e. The first kappa shape index (κ1) is 15.2. The molecule has 0 radical (unpaired) electrons. The van der Waals surface area contributed by atoms with E-state index in [0.29, 0.717) is 18.4 Å². The number of aromatic nitrogens is 1. The molecule has 7 heteroatoms. The predicted octanol–water partition coefficient (Wildman–Crippen LogP) is 2.03. The molecule has 1 aliphatic carbocycles. The number of nitrogens with zero attached hydrogens (tertiary/aromatic N) is 1. The third-order valence-electron chi connectivity index (χ3n) is 3.87. The number of carboxylic acid groups (broad SMARTS) is 2. The van der Waals surface area contributed by atoms with E-state index in [4.69, 9.17) is 14.7 Å². The van der Waals surface area contributed by atoms with Crippen LogP contribution in [0.4, 0.5) is 0 Å². The summed E-state index contributed by atoms with van der Waals surface area (Å²) in [5.41, 5.74) is 1.26. The Labute approximate surface area is 120 Å². The minimum absolute atomic E-state index is 0.0638. The third-order valence-corrected chi connectivity index (χ3v) is 3.87. The molecule has 2 rings (SSSR count). The number of hydrogen-bond acceptors (Lipinski definition) is 5. The van der Waals surface area contributed by atoms with E-state index >= 15 is 0 Å². The van der Waals surface area contributed by atoms with Crippen LogP contribution in [0.5, 0.6) is 0 Å². The van der Waals surface area contributed by atoms with Crippen LogP contribution in [0.2, 0.25) is 0 Å². The highest BCUT2D eigenvalue weighted by Gasteiger charge is 2.37. The molecule has 1 fully saturated rings. The van der Waals surface area contributed by atoms with E-state index in [1.54, 1.807) is 0 Å². The third kappa shape index (κ3) is 3.12. The van der Waals surface area contributed by atoms with Crippen LogP contribution in [0.3, 0.4) is 0 Å². The predicted molar refractivity (Wildman–Crippen MR) is 70.3 cm³/mol. The van der Waals surface area contributed by atoms with Gasteiger partial charge in [0.15, 0.2) is 12.2 Å². The zero-order valence-corrected chi connectivity index (χ0v) is 11.6. The summed E-state index contributed by atoms with van der Waals surface area (Å²) in [6.07, 6.45) is 2.94. The van der Waals surface area contributed by atoms with Gasteiger partial charge in [0.1, 0.15) is 0 Å². The number of hydrogen-bond donors (Lipinski definition) is 2. The van der Waals surface area contributed by atoms with Gasteiger partial charge in [-0.25, -0.2) is 0 Å². The second kappa shape index (κ2) is 6.07. The molecule has 0 bridgehead atoms. The first-order valence-electron chi connectivity index (χ1n) is 6.89. The second-order valence-electron chi connectivity index (χ2n) is 5.31. The summed E-state index contributed by atoms with van der Waals surface area (Å²) in [5.74, 6) is -4.18. The Kier molecular flexibility index (Phi) is 4.40. The van der Waals surface area contributed by atoms with Crippen LogP contribution >= 0.6 is 0 Å². The number of carbonyl (C=O) groups is 3. The molecule has 0 spiro atoms. The summed E-state index contributed by atoms with van der Waals surface area (Å²) in [4.78, 5) is 33.1. The van der Waals surface area contributed by atoms with Crippen molar-refractivity contribution < 1.29 is 29.1 Å². The number of carbonyl (C=O) groups excluding carboxylic acids is 1. The molecule has 21 heavy (non-hydrogen) atoms. The quantitative estimate of drug-likeness (QED) is 0.556. The fraction of sp³-hybridized carbons (Fsp3) is 0.571. The van der Waals surface area contributed by atoms with Crippen molar-refractivity contribution in [2.24, 2.45) is 5.92 Å². The van der Waals surface area contributed by atoms with E-state index in [-0.39, 0.29) is 24.0 Å². The van der Waals surface area contributed by atoms with E-state index in [9.17, 15) is 14.4 Å². The van der Waals surface area contributed by atoms with Crippen molar-refractivity contribution in [1.82, 2.24) is 5.16 Å². The van der Waals surface area contributed by atoms with Crippen molar-refractivity contribution in [3.63, 3.8) is 0 Å². The fourth-order valence-corrected chi connectivity index (χ4v) is 2.55. The van der Waals surface area contributed by atoms with Crippen LogP contribution in [0.25, 0.3) is 0 Å². The van der Waals surface area contributed by atoms with Gasteiger partial charge >= 0.3 is 11.9 Å². The Hall–Kier alpha value is -2.18. The van der Waals surface area contributed by atoms with Gasteiger partial charge in [-0.1, -0.05) is 12.1 Å². The van der Waals surface area contributed by atoms with Crippen molar-refractivity contribution in [3.8, 4) is 0 Å². The maximum absolute atomic E-state index is 11.0. The van der Waals surface area contributed by atoms with Crippen LogP contribution in [-0.2, 0) is 9.59 Å². The molecule has 1 heterocycles. The van der Waals surface area contributed by atoms with Gasteiger partial charge in [0.25, 0.3) is 0 Å². The molecule has 0 aliphatic heterocycles. The molecule has 0 amide bonds. The van der Waals surface area contributed by atoms with Gasteiger partial charge in [0.2, 0.25) is 5.76 Å². The zero-order chi connectivity index (χ0) is 15.6. The zero-order valence-electron chi connectivity index (χ0n) is 11.6. The first-order chi connectivity index (χ1) is 9.99. The van der Waals surface area contributed by atoms with E-state index in [0.717, 1.165) is 18.4 Å². The number of aliphatic carboxylic acids is 2. The minimum atomic E-state index is -1.49. The lowest BCUT2D eigenvalue weighted by atomic mass is 9.87. The Morgan fingerprint density at radius 3 is 2.43 bits per heavy atom. The SMILES string of the molecule is CCC(CC(C(=O)O)C(=O)O)c1noc(C=O)c1C1CC1. The van der Waals surface area contributed by atoms with Crippen molar-refractivity contribution in [1.29, 1.82) is 0 Å². The second-order valence-corrected chi connectivity index (χ2v) is 5.31. The molecular formula is C14H17NO6. The standard InChI is InChI=1S/C14H17NO6/c1-2-7(5-9(13(17)18)14(19)20)12-11(8-3-4-8)10(6-16)21-15-12/h6-9H,2-5H2,1H3,(H,17,18)(H,19,20). The summed E-state index contributed by atoms with van der Waals surface area (Å²) in [5, 5.41) is 21.9. The molecule has 1 unspecified atom stereocenters. The lowest BCUT2D eigenvalue weighted by Gasteiger charge is -2.16. The van der Waals surface area contributed by atoms with Crippen molar-refractivity contribution >= 4 is 18.2 Å². The summed E-state index contributed by atoms with van der Waals surface area (Å²) in [6.45, 7) is 1.83.